The van der Waals surface area contributed by atoms with Gasteiger partial charge in [-0.1, -0.05) is 18.5 Å². The van der Waals surface area contributed by atoms with Gasteiger partial charge in [0.05, 0.1) is 26.6 Å². The Morgan fingerprint density at radius 3 is 2.79 bits per heavy atom. The van der Waals surface area contributed by atoms with Crippen LogP contribution in [0.15, 0.2) is 46.3 Å². The van der Waals surface area contributed by atoms with E-state index in [1.807, 2.05) is 6.92 Å². The van der Waals surface area contributed by atoms with Gasteiger partial charge < -0.3 is 10.6 Å². The number of carbonyl (C=O) groups is 2. The molecule has 2 N–H and O–H groups in total. The zero-order valence-corrected chi connectivity index (χ0v) is 17.3. The lowest BCUT2D eigenvalue weighted by atomic mass is 10.2. The van der Waals surface area contributed by atoms with Gasteiger partial charge in [0, 0.05) is 17.5 Å². The number of benzene rings is 1. The molecule has 2 amide bonds. The van der Waals surface area contributed by atoms with Crippen molar-refractivity contribution in [3.05, 3.63) is 41.6 Å². The Balaban J connectivity index is 1.66. The lowest BCUT2D eigenvalue weighted by Crippen LogP contribution is -2.28. The Morgan fingerprint density at radius 1 is 1.32 bits per heavy atom. The number of thioether (sulfide) groups is 1. The Hall–Kier alpha value is -2.10. The first-order valence-electron chi connectivity index (χ1n) is 8.54. The highest BCUT2D eigenvalue weighted by molar-refractivity contribution is 8.01. The first kappa shape index (κ1) is 20.6. The number of hydrogen-bond acceptors (Lipinski definition) is 6. The summed E-state index contributed by atoms with van der Waals surface area (Å²) in [5.74, 6) is -0.662. The molecular formula is C18H18ClN3O4S2. The summed E-state index contributed by atoms with van der Waals surface area (Å²) in [7, 11) is -3.69. The van der Waals surface area contributed by atoms with E-state index in [2.05, 4.69) is 15.6 Å². The van der Waals surface area contributed by atoms with E-state index in [1.54, 1.807) is 12.1 Å². The number of carbonyl (C=O) groups excluding carboxylic acids is 2. The smallest absolute Gasteiger partial charge is 0.237 e. The number of fused-ring (bicyclic) bond motifs is 1. The van der Waals surface area contributed by atoms with Crippen LogP contribution in [-0.4, -0.2) is 36.2 Å². The van der Waals surface area contributed by atoms with Crippen LogP contribution in [0.2, 0.25) is 5.02 Å². The second-order valence-corrected chi connectivity index (χ2v) is 9.93. The van der Waals surface area contributed by atoms with E-state index >= 15 is 0 Å². The van der Waals surface area contributed by atoms with Gasteiger partial charge in [0.2, 0.25) is 11.8 Å². The number of pyridine rings is 1. The topological polar surface area (TPSA) is 105 Å². The molecule has 0 radical (unpaired) electrons. The van der Waals surface area contributed by atoms with Crippen LogP contribution in [0.25, 0.3) is 0 Å². The second kappa shape index (κ2) is 8.50. The van der Waals surface area contributed by atoms with Crippen molar-refractivity contribution in [2.75, 3.05) is 16.4 Å². The van der Waals surface area contributed by atoms with E-state index in [4.69, 9.17) is 11.6 Å². The van der Waals surface area contributed by atoms with Crippen molar-refractivity contribution in [2.24, 2.45) is 0 Å². The summed E-state index contributed by atoms with van der Waals surface area (Å²) < 4.78 is 25.2. The summed E-state index contributed by atoms with van der Waals surface area (Å²) in [5, 5.41) is 5.53. The van der Waals surface area contributed by atoms with Crippen LogP contribution < -0.4 is 10.6 Å². The number of nitrogens with zero attached hydrogens (tertiary/aromatic N) is 1. The molecule has 1 aromatic heterocycles. The summed E-state index contributed by atoms with van der Waals surface area (Å²) in [5.41, 5.74) is 0.482. The molecule has 2 aromatic rings. The molecule has 28 heavy (non-hydrogen) atoms. The molecule has 1 aromatic carbocycles. The van der Waals surface area contributed by atoms with E-state index in [1.165, 1.54) is 36.2 Å². The number of amides is 2. The Bertz CT molecular complexity index is 1010. The third kappa shape index (κ3) is 4.84. The second-order valence-electron chi connectivity index (χ2n) is 6.14. The Morgan fingerprint density at radius 2 is 2.11 bits per heavy atom. The molecule has 148 valence electrons. The molecule has 1 unspecified atom stereocenters. The normalized spacial score (nSPS) is 16.2. The van der Waals surface area contributed by atoms with Crippen molar-refractivity contribution in [2.45, 2.75) is 34.8 Å². The summed E-state index contributed by atoms with van der Waals surface area (Å²) in [6.45, 7) is 1.92. The van der Waals surface area contributed by atoms with Gasteiger partial charge >= 0.3 is 0 Å². The summed E-state index contributed by atoms with van der Waals surface area (Å²) in [6, 6.07) is 7.74. The number of nitrogens with one attached hydrogen (secondary N) is 2. The van der Waals surface area contributed by atoms with Crippen LogP contribution in [0, 0.1) is 0 Å². The maximum absolute atomic E-state index is 12.6. The molecule has 1 aliphatic rings. The summed E-state index contributed by atoms with van der Waals surface area (Å²) in [4.78, 5) is 28.9. The van der Waals surface area contributed by atoms with E-state index in [0.717, 1.165) is 4.90 Å². The van der Waals surface area contributed by atoms with Crippen molar-refractivity contribution in [3.63, 3.8) is 0 Å². The third-order valence-corrected chi connectivity index (χ3v) is 7.47. The van der Waals surface area contributed by atoms with Crippen molar-refractivity contribution < 1.29 is 18.0 Å². The highest BCUT2D eigenvalue weighted by Crippen LogP contribution is 2.38. The molecule has 2 heterocycles. The van der Waals surface area contributed by atoms with Crippen LogP contribution in [0.3, 0.4) is 0 Å². The minimum absolute atomic E-state index is 0.0690. The third-order valence-electron chi connectivity index (χ3n) is 4.09. The Labute approximate surface area is 172 Å². The van der Waals surface area contributed by atoms with E-state index in [9.17, 15) is 18.0 Å². The van der Waals surface area contributed by atoms with E-state index < -0.39 is 15.7 Å². The standard InChI is InChI=1S/C18H18ClN3O4S2/c1-2-14-18(24)21-13-9-12(4-5-15(13)27-14)28(25,26)8-7-17(23)22-16-6-3-11(19)10-20-16/h3-6,9-10,14H,2,7-8H2,1H3,(H,21,24)(H,20,22,23). The number of halogens is 1. The average molecular weight is 440 g/mol. The van der Waals surface area contributed by atoms with Gasteiger partial charge in [0.1, 0.15) is 5.82 Å². The fourth-order valence-corrected chi connectivity index (χ4v) is 4.99. The lowest BCUT2D eigenvalue weighted by molar-refractivity contribution is -0.116. The number of aromatic nitrogens is 1. The molecular weight excluding hydrogens is 422 g/mol. The molecule has 0 spiro atoms. The van der Waals surface area contributed by atoms with Gasteiger partial charge in [-0.3, -0.25) is 9.59 Å². The first-order valence-corrected chi connectivity index (χ1v) is 11.4. The first-order chi connectivity index (χ1) is 13.3. The minimum atomic E-state index is -3.69. The molecule has 3 rings (SSSR count). The van der Waals surface area contributed by atoms with Crippen LogP contribution >= 0.6 is 23.4 Å². The van der Waals surface area contributed by atoms with Crippen LogP contribution in [0.5, 0.6) is 0 Å². The van der Waals surface area contributed by atoms with Gasteiger partial charge in [-0.2, -0.15) is 0 Å². The largest absolute Gasteiger partial charge is 0.324 e. The van der Waals surface area contributed by atoms with Crippen LogP contribution in [0.1, 0.15) is 19.8 Å². The molecule has 0 saturated heterocycles. The van der Waals surface area contributed by atoms with Gasteiger partial charge in [0.15, 0.2) is 9.84 Å². The molecule has 0 bridgehead atoms. The molecule has 10 heteroatoms. The molecule has 0 saturated carbocycles. The maximum Gasteiger partial charge on any atom is 0.237 e. The van der Waals surface area contributed by atoms with Gasteiger partial charge in [-0.05, 0) is 36.8 Å². The Kier molecular flexibility index (Phi) is 6.26. The van der Waals surface area contributed by atoms with Crippen LogP contribution in [0.4, 0.5) is 11.5 Å². The lowest BCUT2D eigenvalue weighted by Gasteiger charge is -2.23. The highest BCUT2D eigenvalue weighted by atomic mass is 35.5. The maximum atomic E-state index is 12.6. The summed E-state index contributed by atoms with van der Waals surface area (Å²) >= 11 is 7.15. The number of rotatable bonds is 6. The molecule has 1 aliphatic heterocycles. The van der Waals surface area contributed by atoms with Gasteiger partial charge in [-0.15, -0.1) is 11.8 Å². The van der Waals surface area contributed by atoms with Crippen molar-refractivity contribution in [1.29, 1.82) is 0 Å². The van der Waals surface area contributed by atoms with Crippen molar-refractivity contribution in [1.82, 2.24) is 4.98 Å². The predicted molar refractivity (Wildman–Crippen MR) is 110 cm³/mol. The molecule has 7 nitrogen and oxygen atoms in total. The van der Waals surface area contributed by atoms with Gasteiger partial charge in [-0.25, -0.2) is 13.4 Å². The zero-order valence-electron chi connectivity index (χ0n) is 14.9. The fraction of sp³-hybridized carbons (Fsp3) is 0.278. The molecule has 0 aliphatic carbocycles. The summed E-state index contributed by atoms with van der Waals surface area (Å²) in [6.07, 6.45) is 1.85. The highest BCUT2D eigenvalue weighted by Gasteiger charge is 2.27. The quantitative estimate of drug-likeness (QED) is 0.714. The monoisotopic (exact) mass is 439 g/mol. The van der Waals surface area contributed by atoms with Gasteiger partial charge in [0.25, 0.3) is 0 Å². The SMILES string of the molecule is CCC1Sc2ccc(S(=O)(=O)CCC(=O)Nc3ccc(Cl)cn3)cc2NC1=O. The van der Waals surface area contributed by atoms with Crippen molar-refractivity contribution in [3.8, 4) is 0 Å². The van der Waals surface area contributed by atoms with Crippen LogP contribution in [-0.2, 0) is 19.4 Å². The zero-order chi connectivity index (χ0) is 20.3. The number of sulfone groups is 1. The predicted octanol–water partition coefficient (Wildman–Crippen LogP) is 3.36. The molecule has 1 atom stereocenters. The van der Waals surface area contributed by atoms with Crippen molar-refractivity contribution >= 4 is 56.5 Å². The van der Waals surface area contributed by atoms with E-state index in [0.29, 0.717) is 22.9 Å². The molecule has 0 fully saturated rings. The number of hydrogen-bond donors (Lipinski definition) is 2. The number of anilines is 2. The minimum Gasteiger partial charge on any atom is -0.324 e. The van der Waals surface area contributed by atoms with E-state index in [-0.39, 0.29) is 28.2 Å². The average Bonchev–Trinajstić information content (AvgIpc) is 2.67. The fourth-order valence-electron chi connectivity index (χ4n) is 2.59.